The van der Waals surface area contributed by atoms with E-state index in [-0.39, 0.29) is 11.1 Å². The van der Waals surface area contributed by atoms with E-state index in [1.807, 2.05) is 38.1 Å². The molecule has 0 saturated carbocycles. The largest absolute Gasteiger partial charge is 0.493 e. The molecule has 0 fully saturated rings. The highest BCUT2D eigenvalue weighted by atomic mass is 16.5. The highest BCUT2D eigenvalue weighted by molar-refractivity contribution is 5.87. The van der Waals surface area contributed by atoms with E-state index in [1.54, 1.807) is 13.2 Å². The van der Waals surface area contributed by atoms with E-state index in [2.05, 4.69) is 4.98 Å². The molecular weight excluding hydrogens is 384 g/mol. The number of aromatic carboxylic acids is 1. The summed E-state index contributed by atoms with van der Waals surface area (Å²) < 4.78 is 12.4. The van der Waals surface area contributed by atoms with Crippen molar-refractivity contribution in [2.75, 3.05) is 13.7 Å². The van der Waals surface area contributed by atoms with Crippen LogP contribution in [-0.2, 0) is 6.42 Å². The van der Waals surface area contributed by atoms with Crippen LogP contribution in [-0.4, -0.2) is 34.2 Å². The summed E-state index contributed by atoms with van der Waals surface area (Å²) in [6.07, 6.45) is 6.23. The number of nitrogens with zero attached hydrogens (tertiary/aromatic N) is 2. The van der Waals surface area contributed by atoms with Gasteiger partial charge in [-0.1, -0.05) is 25.5 Å². The molecule has 0 radical (unpaired) electrons. The quantitative estimate of drug-likeness (QED) is 0.608. The van der Waals surface area contributed by atoms with Crippen molar-refractivity contribution in [3.05, 3.63) is 69.3 Å². The lowest BCUT2D eigenvalue weighted by Crippen LogP contribution is -2.22. The summed E-state index contributed by atoms with van der Waals surface area (Å²) in [6, 6.07) is 8.56. The van der Waals surface area contributed by atoms with E-state index < -0.39 is 5.97 Å². The van der Waals surface area contributed by atoms with Crippen LogP contribution in [0.4, 0.5) is 0 Å². The smallest absolute Gasteiger partial charge is 0.337 e. The van der Waals surface area contributed by atoms with Gasteiger partial charge in [0.15, 0.2) is 11.5 Å². The number of carboxylic acid groups (broad SMARTS) is 1. The van der Waals surface area contributed by atoms with Crippen molar-refractivity contribution in [1.82, 2.24) is 9.38 Å². The lowest BCUT2D eigenvalue weighted by Gasteiger charge is -2.12. The minimum atomic E-state index is -1.09. The molecule has 1 aromatic carbocycles. The van der Waals surface area contributed by atoms with Crippen LogP contribution in [0.15, 0.2) is 41.3 Å². The Kier molecular flexibility index (Phi) is 6.51. The minimum Gasteiger partial charge on any atom is -0.493 e. The normalized spacial score (nSPS) is 11.2. The van der Waals surface area contributed by atoms with Crippen LogP contribution in [0.2, 0.25) is 0 Å². The van der Waals surface area contributed by atoms with Gasteiger partial charge in [-0.2, -0.15) is 0 Å². The third kappa shape index (κ3) is 4.20. The summed E-state index contributed by atoms with van der Waals surface area (Å²) >= 11 is 0. The zero-order chi connectivity index (χ0) is 21.7. The number of aromatic nitrogens is 2. The van der Waals surface area contributed by atoms with Gasteiger partial charge in [0.1, 0.15) is 5.65 Å². The number of benzene rings is 1. The zero-order valence-electron chi connectivity index (χ0n) is 17.2. The Labute approximate surface area is 174 Å². The molecule has 0 unspecified atom stereocenters. The molecule has 3 rings (SSSR count). The summed E-state index contributed by atoms with van der Waals surface area (Å²) in [5.41, 5.74) is 2.06. The molecule has 0 aliphatic rings. The molecule has 2 aromatic heterocycles. The maximum atomic E-state index is 13.0. The molecule has 0 atom stereocenters. The van der Waals surface area contributed by atoms with Gasteiger partial charge in [0, 0.05) is 17.3 Å². The highest BCUT2D eigenvalue weighted by Gasteiger charge is 2.13. The molecule has 7 heteroatoms. The van der Waals surface area contributed by atoms with Crippen molar-refractivity contribution in [1.29, 1.82) is 0 Å². The number of hydrogen-bond acceptors (Lipinski definition) is 5. The van der Waals surface area contributed by atoms with E-state index in [0.717, 1.165) is 12.0 Å². The Morgan fingerprint density at radius 3 is 2.67 bits per heavy atom. The average molecular weight is 408 g/mol. The van der Waals surface area contributed by atoms with Crippen LogP contribution in [0.3, 0.4) is 0 Å². The summed E-state index contributed by atoms with van der Waals surface area (Å²) in [5, 5.41) is 9.22. The Hall–Kier alpha value is -3.61. The molecule has 0 saturated heterocycles. The van der Waals surface area contributed by atoms with Crippen molar-refractivity contribution >= 4 is 23.8 Å². The van der Waals surface area contributed by atoms with Crippen molar-refractivity contribution in [3.63, 3.8) is 0 Å². The monoisotopic (exact) mass is 408 g/mol. The molecule has 156 valence electrons. The fourth-order valence-corrected chi connectivity index (χ4v) is 3.23. The molecule has 0 aliphatic carbocycles. The van der Waals surface area contributed by atoms with Crippen LogP contribution in [0.25, 0.3) is 17.8 Å². The Morgan fingerprint density at radius 1 is 1.20 bits per heavy atom. The maximum Gasteiger partial charge on any atom is 0.337 e. The third-order valence-electron chi connectivity index (χ3n) is 4.63. The van der Waals surface area contributed by atoms with E-state index in [1.165, 1.54) is 22.7 Å². The number of ether oxygens (including phenoxy) is 2. The second-order valence-corrected chi connectivity index (χ2v) is 6.63. The fraction of sp³-hybridized carbons (Fsp3) is 0.261. The van der Waals surface area contributed by atoms with Gasteiger partial charge in [0.25, 0.3) is 5.56 Å². The standard InChI is InChI=1S/C23H24N2O5/c1-4-7-17-18(12-10-15-8-6-9-19(29-3)21(15)30-5-2)24-20-13-11-16(23(27)28)14-25(20)22(17)26/h6,8-14H,4-5,7H2,1-3H3,(H,27,28). The predicted octanol–water partition coefficient (Wildman–Crippen LogP) is 3.92. The van der Waals surface area contributed by atoms with Gasteiger partial charge in [-0.15, -0.1) is 0 Å². The Bertz CT molecular complexity index is 1160. The number of carboxylic acids is 1. The summed E-state index contributed by atoms with van der Waals surface area (Å²) in [6.45, 7) is 4.37. The van der Waals surface area contributed by atoms with Crippen LogP contribution >= 0.6 is 0 Å². The Morgan fingerprint density at radius 2 is 2.00 bits per heavy atom. The number of hydrogen-bond donors (Lipinski definition) is 1. The predicted molar refractivity (Wildman–Crippen MR) is 116 cm³/mol. The van der Waals surface area contributed by atoms with Crippen molar-refractivity contribution in [2.24, 2.45) is 0 Å². The molecular formula is C23H24N2O5. The lowest BCUT2D eigenvalue weighted by molar-refractivity contribution is 0.0696. The second-order valence-electron chi connectivity index (χ2n) is 6.63. The van der Waals surface area contributed by atoms with Crippen molar-refractivity contribution < 1.29 is 19.4 Å². The van der Waals surface area contributed by atoms with Crippen LogP contribution in [0, 0.1) is 0 Å². The summed E-state index contributed by atoms with van der Waals surface area (Å²) in [7, 11) is 1.59. The molecule has 0 spiro atoms. The number of carbonyl (C=O) groups is 1. The van der Waals surface area contributed by atoms with Gasteiger partial charge in [0.05, 0.1) is 25.0 Å². The van der Waals surface area contributed by atoms with Gasteiger partial charge in [-0.25, -0.2) is 9.78 Å². The molecule has 2 heterocycles. The van der Waals surface area contributed by atoms with Crippen LogP contribution in [0.1, 0.15) is 47.4 Å². The third-order valence-corrected chi connectivity index (χ3v) is 4.63. The molecule has 0 bridgehead atoms. The van der Waals surface area contributed by atoms with Gasteiger partial charge in [-0.05, 0) is 43.7 Å². The van der Waals surface area contributed by atoms with Gasteiger partial charge in [-0.3, -0.25) is 9.20 Å². The van der Waals surface area contributed by atoms with Crippen molar-refractivity contribution in [3.8, 4) is 11.5 Å². The number of para-hydroxylation sites is 1. The number of fused-ring (bicyclic) bond motifs is 1. The average Bonchev–Trinajstić information content (AvgIpc) is 2.75. The van der Waals surface area contributed by atoms with E-state index in [0.29, 0.717) is 41.4 Å². The fourth-order valence-electron chi connectivity index (χ4n) is 3.23. The number of rotatable bonds is 8. The van der Waals surface area contributed by atoms with Crippen LogP contribution in [0.5, 0.6) is 11.5 Å². The van der Waals surface area contributed by atoms with Gasteiger partial charge >= 0.3 is 5.97 Å². The zero-order valence-corrected chi connectivity index (χ0v) is 17.2. The van der Waals surface area contributed by atoms with E-state index in [9.17, 15) is 14.7 Å². The molecule has 1 N–H and O–H groups in total. The Balaban J connectivity index is 2.14. The van der Waals surface area contributed by atoms with E-state index in [4.69, 9.17) is 9.47 Å². The van der Waals surface area contributed by atoms with Crippen molar-refractivity contribution in [2.45, 2.75) is 26.7 Å². The lowest BCUT2D eigenvalue weighted by atomic mass is 10.1. The first-order chi connectivity index (χ1) is 14.5. The minimum absolute atomic E-state index is 0.0369. The number of methoxy groups -OCH3 is 1. The molecule has 0 amide bonds. The first-order valence-electron chi connectivity index (χ1n) is 9.76. The summed E-state index contributed by atoms with van der Waals surface area (Å²) in [4.78, 5) is 28.9. The second kappa shape index (κ2) is 9.26. The first kappa shape index (κ1) is 21.1. The van der Waals surface area contributed by atoms with E-state index >= 15 is 0 Å². The topological polar surface area (TPSA) is 90.1 Å². The molecule has 30 heavy (non-hydrogen) atoms. The van der Waals surface area contributed by atoms with Crippen LogP contribution < -0.4 is 15.0 Å². The SMILES string of the molecule is CCCc1c(C=Cc2cccc(OC)c2OCC)nc2ccc(C(=O)O)cn2c1=O. The summed E-state index contributed by atoms with van der Waals surface area (Å²) in [5.74, 6) is 0.159. The molecule has 3 aromatic rings. The molecule has 7 nitrogen and oxygen atoms in total. The maximum absolute atomic E-state index is 13.0. The first-order valence-corrected chi connectivity index (χ1v) is 9.76. The highest BCUT2D eigenvalue weighted by Crippen LogP contribution is 2.32. The molecule has 0 aliphatic heterocycles. The van der Waals surface area contributed by atoms with Gasteiger partial charge in [0.2, 0.25) is 0 Å². The van der Waals surface area contributed by atoms with Gasteiger partial charge < -0.3 is 14.6 Å². The number of pyridine rings is 1.